The number of rotatable bonds is 5. The van der Waals surface area contributed by atoms with Crippen LogP contribution in [-0.4, -0.2) is 27.7 Å². The van der Waals surface area contributed by atoms with E-state index in [-0.39, 0.29) is 12.2 Å². The van der Waals surface area contributed by atoms with E-state index in [2.05, 4.69) is 0 Å². The maximum atomic E-state index is 13.5. The molecule has 3 atom stereocenters. The molecule has 10 heteroatoms. The molecule has 0 N–H and O–H groups in total. The third kappa shape index (κ3) is 3.79. The van der Waals surface area contributed by atoms with Gasteiger partial charge in [0.05, 0.1) is 23.2 Å². The molecule has 172 valence electrons. The van der Waals surface area contributed by atoms with Crippen molar-refractivity contribution in [1.29, 1.82) is 0 Å². The van der Waals surface area contributed by atoms with E-state index in [1.54, 1.807) is 24.3 Å². The van der Waals surface area contributed by atoms with E-state index in [4.69, 9.17) is 28.0 Å². The van der Waals surface area contributed by atoms with Gasteiger partial charge in [0.15, 0.2) is 6.10 Å². The molecule has 0 aromatic heterocycles. The van der Waals surface area contributed by atoms with Crippen molar-refractivity contribution in [3.05, 3.63) is 104 Å². The molecule has 2 heterocycles. The van der Waals surface area contributed by atoms with Gasteiger partial charge in [-0.05, 0) is 29.3 Å². The van der Waals surface area contributed by atoms with Gasteiger partial charge in [-0.1, -0.05) is 65.7 Å². The molecule has 0 aliphatic carbocycles. The number of hydrogen-bond acceptors (Lipinski definition) is 6. The van der Waals surface area contributed by atoms with Crippen LogP contribution in [0.25, 0.3) is 0 Å². The van der Waals surface area contributed by atoms with Gasteiger partial charge in [-0.25, -0.2) is 5.06 Å². The fourth-order valence-electron chi connectivity index (χ4n) is 4.42. The zero-order chi connectivity index (χ0) is 24.0. The summed E-state index contributed by atoms with van der Waals surface area (Å²) in [6, 6.07) is 19.0. The minimum absolute atomic E-state index is 0.118. The number of anilines is 1. The summed E-state index contributed by atoms with van der Waals surface area (Å²) < 4.78 is 0. The second kappa shape index (κ2) is 8.72. The van der Waals surface area contributed by atoms with Gasteiger partial charge in [0.25, 0.3) is 11.6 Å². The van der Waals surface area contributed by atoms with Crippen molar-refractivity contribution in [2.45, 2.75) is 18.7 Å². The quantitative estimate of drug-likeness (QED) is 0.281. The number of hydrogen-bond donors (Lipinski definition) is 0. The van der Waals surface area contributed by atoms with Crippen molar-refractivity contribution in [2.75, 3.05) is 5.06 Å². The van der Waals surface area contributed by atoms with Crippen LogP contribution in [0.3, 0.4) is 0 Å². The Bertz CT molecular complexity index is 1300. The monoisotopic (exact) mass is 497 g/mol. The van der Waals surface area contributed by atoms with E-state index in [1.807, 2.05) is 30.3 Å². The minimum Gasteiger partial charge on any atom is -0.275 e. The summed E-state index contributed by atoms with van der Waals surface area (Å²) in [5, 5.41) is 13.4. The molecule has 8 nitrogen and oxygen atoms in total. The molecule has 0 unspecified atom stereocenters. The molecule has 0 bridgehead atoms. The maximum Gasteiger partial charge on any atom is 0.271 e. The molecule has 2 aliphatic rings. The largest absolute Gasteiger partial charge is 0.275 e. The highest BCUT2D eigenvalue weighted by Crippen LogP contribution is 2.49. The minimum atomic E-state index is -1.09. The number of carbonyl (C=O) groups excluding carboxylic acids is 2. The Morgan fingerprint density at radius 1 is 0.941 bits per heavy atom. The average molecular weight is 498 g/mol. The Hall–Kier alpha value is -3.46. The van der Waals surface area contributed by atoms with Crippen molar-refractivity contribution in [1.82, 2.24) is 4.90 Å². The summed E-state index contributed by atoms with van der Waals surface area (Å²) in [7, 11) is 0. The highest BCUT2D eigenvalue weighted by atomic mass is 35.5. The van der Waals surface area contributed by atoms with Crippen molar-refractivity contribution in [2.24, 2.45) is 5.92 Å². The summed E-state index contributed by atoms with van der Waals surface area (Å²) in [5.41, 5.74) is 1.51. The topological polar surface area (TPSA) is 93.0 Å². The molecule has 0 saturated carbocycles. The van der Waals surface area contributed by atoms with Crippen LogP contribution in [0.15, 0.2) is 72.8 Å². The number of nitro groups is 1. The number of amides is 2. The third-order valence-corrected chi connectivity index (χ3v) is 6.53. The zero-order valence-electron chi connectivity index (χ0n) is 17.5. The molecule has 3 aromatic carbocycles. The number of non-ortho nitro benzene ring substituents is 1. The molecule has 0 spiro atoms. The predicted molar refractivity (Wildman–Crippen MR) is 125 cm³/mol. The number of hydroxylamine groups is 1. The smallest absolute Gasteiger partial charge is 0.271 e. The summed E-state index contributed by atoms with van der Waals surface area (Å²) in [6.07, 6.45) is -1.09. The highest BCUT2D eigenvalue weighted by Gasteiger charge is 2.60. The standard InChI is InChI=1S/C24H17Cl2N3O5/c25-15-9-10-18(19(26)11-15)21-20-22(34-28(21)16-7-4-8-17(12-16)29(32)33)24(31)27(23(20)30)13-14-5-2-1-3-6-14/h1-12,20-22H,13H2/t20-,21+,22-/m1/s1. The Kier molecular flexibility index (Phi) is 5.73. The molecule has 2 amide bonds. The Morgan fingerprint density at radius 3 is 2.41 bits per heavy atom. The lowest BCUT2D eigenvalue weighted by Gasteiger charge is -2.29. The third-order valence-electron chi connectivity index (χ3n) is 5.97. The summed E-state index contributed by atoms with van der Waals surface area (Å²) in [6.45, 7) is 0.118. The van der Waals surface area contributed by atoms with Gasteiger partial charge in [0, 0.05) is 22.2 Å². The molecular weight excluding hydrogens is 481 g/mol. The lowest BCUT2D eigenvalue weighted by Crippen LogP contribution is -2.37. The molecule has 3 aromatic rings. The first-order valence-electron chi connectivity index (χ1n) is 10.4. The van der Waals surface area contributed by atoms with Crippen molar-refractivity contribution in [3.8, 4) is 0 Å². The number of carbonyl (C=O) groups is 2. The summed E-state index contributed by atoms with van der Waals surface area (Å²) >= 11 is 12.6. The lowest BCUT2D eigenvalue weighted by molar-refractivity contribution is -0.384. The fraction of sp³-hybridized carbons (Fsp3) is 0.167. The number of likely N-dealkylation sites (tertiary alicyclic amines) is 1. The number of halogens is 2. The van der Waals surface area contributed by atoms with E-state index in [0.29, 0.717) is 21.3 Å². The second-order valence-corrected chi connectivity index (χ2v) is 8.86. The SMILES string of the molecule is O=C1[C@H]2[C@@H](ON(c3cccc([N+](=O)[O-])c3)[C@H]2c2ccc(Cl)cc2Cl)C(=O)N1Cc1ccccc1. The van der Waals surface area contributed by atoms with Crippen LogP contribution in [0.2, 0.25) is 10.0 Å². The van der Waals surface area contributed by atoms with Gasteiger partial charge in [-0.2, -0.15) is 0 Å². The van der Waals surface area contributed by atoms with Crippen LogP contribution < -0.4 is 5.06 Å². The second-order valence-electron chi connectivity index (χ2n) is 8.01. The van der Waals surface area contributed by atoms with Crippen LogP contribution in [0, 0.1) is 16.0 Å². The van der Waals surface area contributed by atoms with Gasteiger partial charge in [0.2, 0.25) is 5.91 Å². The van der Waals surface area contributed by atoms with Gasteiger partial charge < -0.3 is 0 Å². The summed E-state index contributed by atoms with van der Waals surface area (Å²) in [5.74, 6) is -1.76. The number of imide groups is 1. The van der Waals surface area contributed by atoms with Crippen LogP contribution in [0.4, 0.5) is 11.4 Å². The van der Waals surface area contributed by atoms with Gasteiger partial charge in [0.1, 0.15) is 5.92 Å². The predicted octanol–water partition coefficient (Wildman–Crippen LogP) is 4.95. The van der Waals surface area contributed by atoms with Gasteiger partial charge in [-0.15, -0.1) is 0 Å². The number of benzene rings is 3. The molecule has 2 fully saturated rings. The van der Waals surface area contributed by atoms with E-state index in [0.717, 1.165) is 5.56 Å². The molecular formula is C24H17Cl2N3O5. The number of fused-ring (bicyclic) bond motifs is 1. The number of nitro benzene ring substituents is 1. The molecule has 2 aliphatic heterocycles. The highest BCUT2D eigenvalue weighted by molar-refractivity contribution is 6.35. The van der Waals surface area contributed by atoms with Crippen LogP contribution >= 0.6 is 23.2 Å². The van der Waals surface area contributed by atoms with E-state index in [1.165, 1.54) is 28.2 Å². The summed E-state index contributed by atoms with van der Waals surface area (Å²) in [4.78, 5) is 44.8. The van der Waals surface area contributed by atoms with E-state index in [9.17, 15) is 19.7 Å². The first kappa shape index (κ1) is 22.3. The molecule has 34 heavy (non-hydrogen) atoms. The van der Waals surface area contributed by atoms with Crippen LogP contribution in [0.5, 0.6) is 0 Å². The van der Waals surface area contributed by atoms with Crippen molar-refractivity contribution < 1.29 is 19.3 Å². The van der Waals surface area contributed by atoms with Crippen molar-refractivity contribution in [3.63, 3.8) is 0 Å². The Labute approximate surface area is 204 Å². The molecule has 5 rings (SSSR count). The lowest BCUT2D eigenvalue weighted by atomic mass is 9.90. The van der Waals surface area contributed by atoms with Gasteiger partial charge in [-0.3, -0.25) is 29.4 Å². The van der Waals surface area contributed by atoms with Crippen LogP contribution in [-0.2, 0) is 21.0 Å². The van der Waals surface area contributed by atoms with Crippen LogP contribution in [0.1, 0.15) is 17.2 Å². The maximum absolute atomic E-state index is 13.5. The first-order valence-corrected chi connectivity index (χ1v) is 11.2. The fourth-order valence-corrected chi connectivity index (χ4v) is 4.94. The Balaban J connectivity index is 1.57. The normalized spacial score (nSPS) is 21.8. The van der Waals surface area contributed by atoms with Crippen molar-refractivity contribution >= 4 is 46.4 Å². The zero-order valence-corrected chi connectivity index (χ0v) is 19.0. The van der Waals surface area contributed by atoms with E-state index < -0.39 is 34.8 Å². The molecule has 2 saturated heterocycles. The molecule has 0 radical (unpaired) electrons. The average Bonchev–Trinajstić information content (AvgIpc) is 3.32. The van der Waals surface area contributed by atoms with Gasteiger partial charge >= 0.3 is 0 Å². The van der Waals surface area contributed by atoms with E-state index >= 15 is 0 Å². The first-order chi connectivity index (χ1) is 16.3. The Morgan fingerprint density at radius 2 is 1.71 bits per heavy atom. The number of nitrogens with zero attached hydrogens (tertiary/aromatic N) is 3.